The van der Waals surface area contributed by atoms with Gasteiger partial charge in [0.1, 0.15) is 5.82 Å². The van der Waals surface area contributed by atoms with E-state index in [1.165, 1.54) is 5.56 Å². The third kappa shape index (κ3) is 3.16. The summed E-state index contributed by atoms with van der Waals surface area (Å²) < 4.78 is 1.01. The van der Waals surface area contributed by atoms with E-state index < -0.39 is 0 Å². The maximum absolute atomic E-state index is 5.81. The van der Waals surface area contributed by atoms with Crippen LogP contribution < -0.4 is 5.32 Å². The molecule has 0 aromatic carbocycles. The Bertz CT molecular complexity index is 289. The fourth-order valence-corrected chi connectivity index (χ4v) is 1.35. The lowest BCUT2D eigenvalue weighted by atomic mass is 10.3. The molecule has 1 unspecified atom stereocenters. The smallest absolute Gasteiger partial charge is 0.140 e. The summed E-state index contributed by atoms with van der Waals surface area (Å²) in [6, 6.07) is 1.96. The topological polar surface area (TPSA) is 24.9 Å². The number of rotatable bonds is 3. The number of nitrogens with zero attached hydrogens (tertiary/aromatic N) is 1. The van der Waals surface area contributed by atoms with Crippen LogP contribution in [0, 0.1) is 6.92 Å². The van der Waals surface area contributed by atoms with Gasteiger partial charge in [0.05, 0.1) is 4.47 Å². The Morgan fingerprint density at radius 3 is 3.00 bits per heavy atom. The molecule has 1 heterocycles. The average molecular weight is 264 g/mol. The molecular formula is C9H12BrClN2. The van der Waals surface area contributed by atoms with E-state index in [4.69, 9.17) is 11.6 Å². The number of aryl methyl sites for hydroxylation is 1. The van der Waals surface area contributed by atoms with Crippen molar-refractivity contribution in [3.63, 3.8) is 0 Å². The molecule has 0 spiro atoms. The molecule has 4 heteroatoms. The molecule has 72 valence electrons. The quantitative estimate of drug-likeness (QED) is 0.847. The lowest BCUT2D eigenvalue weighted by Crippen LogP contribution is -2.12. The van der Waals surface area contributed by atoms with Crippen LogP contribution in [-0.2, 0) is 0 Å². The van der Waals surface area contributed by atoms with Gasteiger partial charge in [-0.25, -0.2) is 4.98 Å². The van der Waals surface area contributed by atoms with Crippen LogP contribution in [0.25, 0.3) is 0 Å². The van der Waals surface area contributed by atoms with E-state index in [1.807, 2.05) is 19.9 Å². The van der Waals surface area contributed by atoms with Crippen LogP contribution in [0.5, 0.6) is 0 Å². The molecule has 1 aromatic rings. The molecule has 0 aliphatic heterocycles. The van der Waals surface area contributed by atoms with E-state index in [9.17, 15) is 0 Å². The molecule has 1 N–H and O–H groups in total. The predicted molar refractivity (Wildman–Crippen MR) is 60.5 cm³/mol. The molecule has 1 aromatic heterocycles. The number of anilines is 1. The zero-order valence-corrected chi connectivity index (χ0v) is 9.98. The van der Waals surface area contributed by atoms with Gasteiger partial charge in [0.25, 0.3) is 0 Å². The maximum atomic E-state index is 5.81. The molecule has 0 saturated carbocycles. The third-order valence-corrected chi connectivity index (χ3v) is 2.79. The maximum Gasteiger partial charge on any atom is 0.140 e. The van der Waals surface area contributed by atoms with E-state index in [-0.39, 0.29) is 5.38 Å². The van der Waals surface area contributed by atoms with E-state index in [1.54, 1.807) is 6.20 Å². The van der Waals surface area contributed by atoms with Gasteiger partial charge in [0, 0.05) is 18.1 Å². The number of halogens is 2. The molecule has 0 bridgehead atoms. The second kappa shape index (κ2) is 4.82. The number of alkyl halides is 1. The highest BCUT2D eigenvalue weighted by molar-refractivity contribution is 9.10. The van der Waals surface area contributed by atoms with Crippen LogP contribution in [0.4, 0.5) is 5.82 Å². The molecule has 0 radical (unpaired) electrons. The minimum atomic E-state index is 0.106. The molecule has 0 aliphatic carbocycles. The fraction of sp³-hybridized carbons (Fsp3) is 0.444. The van der Waals surface area contributed by atoms with Crippen molar-refractivity contribution < 1.29 is 0 Å². The van der Waals surface area contributed by atoms with Gasteiger partial charge >= 0.3 is 0 Å². The van der Waals surface area contributed by atoms with Crippen LogP contribution in [0.2, 0.25) is 0 Å². The molecule has 2 nitrogen and oxygen atoms in total. The monoisotopic (exact) mass is 262 g/mol. The summed E-state index contributed by atoms with van der Waals surface area (Å²) >= 11 is 9.28. The number of hydrogen-bond donors (Lipinski definition) is 1. The summed E-state index contributed by atoms with van der Waals surface area (Å²) in [5, 5.41) is 3.27. The molecule has 13 heavy (non-hydrogen) atoms. The highest BCUT2D eigenvalue weighted by atomic mass is 79.9. The summed E-state index contributed by atoms with van der Waals surface area (Å²) in [6.07, 6.45) is 1.78. The Labute approximate surface area is 91.8 Å². The molecule has 1 atom stereocenters. The van der Waals surface area contributed by atoms with Crippen molar-refractivity contribution >= 4 is 33.3 Å². The van der Waals surface area contributed by atoms with Gasteiger partial charge in [-0.05, 0) is 41.4 Å². The second-order valence-electron chi connectivity index (χ2n) is 2.95. The van der Waals surface area contributed by atoms with Crippen LogP contribution in [0.15, 0.2) is 16.7 Å². The Balaban J connectivity index is 2.71. The summed E-state index contributed by atoms with van der Waals surface area (Å²) in [4.78, 5) is 4.19. The first-order valence-corrected chi connectivity index (χ1v) is 5.33. The SMILES string of the molecule is Cc1ccnc(NCC(C)Cl)c1Br. The first kappa shape index (κ1) is 10.8. The Kier molecular flexibility index (Phi) is 4.00. The van der Waals surface area contributed by atoms with Crippen LogP contribution >= 0.6 is 27.5 Å². The normalized spacial score (nSPS) is 12.6. The van der Waals surface area contributed by atoms with Gasteiger partial charge in [0.15, 0.2) is 0 Å². The van der Waals surface area contributed by atoms with Crippen molar-refractivity contribution in [2.24, 2.45) is 0 Å². The largest absolute Gasteiger partial charge is 0.368 e. The molecule has 0 amide bonds. The summed E-state index contributed by atoms with van der Waals surface area (Å²) in [5.41, 5.74) is 1.17. The zero-order valence-electron chi connectivity index (χ0n) is 7.64. The van der Waals surface area contributed by atoms with E-state index >= 15 is 0 Å². The molecular weight excluding hydrogens is 251 g/mol. The van der Waals surface area contributed by atoms with Crippen molar-refractivity contribution in [3.8, 4) is 0 Å². The second-order valence-corrected chi connectivity index (χ2v) is 4.49. The van der Waals surface area contributed by atoms with Gasteiger partial charge in [-0.2, -0.15) is 0 Å². The number of pyridine rings is 1. The minimum Gasteiger partial charge on any atom is -0.368 e. The van der Waals surface area contributed by atoms with Crippen molar-refractivity contribution in [2.75, 3.05) is 11.9 Å². The fourth-order valence-electron chi connectivity index (χ4n) is 0.901. The van der Waals surface area contributed by atoms with Gasteiger partial charge < -0.3 is 5.32 Å². The van der Waals surface area contributed by atoms with Crippen LogP contribution in [0.1, 0.15) is 12.5 Å². The van der Waals surface area contributed by atoms with E-state index in [0.29, 0.717) is 0 Å². The van der Waals surface area contributed by atoms with Gasteiger partial charge in [-0.15, -0.1) is 11.6 Å². The highest BCUT2D eigenvalue weighted by Gasteiger charge is 2.03. The average Bonchev–Trinajstić information content (AvgIpc) is 2.07. The lowest BCUT2D eigenvalue weighted by Gasteiger charge is -2.09. The van der Waals surface area contributed by atoms with E-state index in [2.05, 4.69) is 26.2 Å². The molecule has 0 fully saturated rings. The lowest BCUT2D eigenvalue weighted by molar-refractivity contribution is 0.974. The third-order valence-electron chi connectivity index (χ3n) is 1.63. The van der Waals surface area contributed by atoms with Crippen LogP contribution in [-0.4, -0.2) is 16.9 Å². The van der Waals surface area contributed by atoms with Gasteiger partial charge in [0.2, 0.25) is 0 Å². The Morgan fingerprint density at radius 1 is 1.69 bits per heavy atom. The van der Waals surface area contributed by atoms with Gasteiger partial charge in [-0.3, -0.25) is 0 Å². The summed E-state index contributed by atoms with van der Waals surface area (Å²) in [7, 11) is 0. The zero-order chi connectivity index (χ0) is 9.84. The minimum absolute atomic E-state index is 0.106. The van der Waals surface area contributed by atoms with Crippen molar-refractivity contribution in [3.05, 3.63) is 22.3 Å². The van der Waals surface area contributed by atoms with Crippen molar-refractivity contribution in [1.82, 2.24) is 4.98 Å². The van der Waals surface area contributed by atoms with Crippen molar-refractivity contribution in [2.45, 2.75) is 19.2 Å². The summed E-state index contributed by atoms with van der Waals surface area (Å²) in [5.74, 6) is 0.854. The Hall–Kier alpha value is -0.280. The molecule has 0 aliphatic rings. The standard InChI is InChI=1S/C9H12BrClN2/c1-6-3-4-12-9(8(6)10)13-5-7(2)11/h3-4,7H,5H2,1-2H3,(H,12,13). The first-order valence-electron chi connectivity index (χ1n) is 4.10. The number of nitrogens with one attached hydrogen (secondary N) is 1. The first-order chi connectivity index (χ1) is 6.11. The van der Waals surface area contributed by atoms with Crippen molar-refractivity contribution in [1.29, 1.82) is 0 Å². The highest BCUT2D eigenvalue weighted by Crippen LogP contribution is 2.23. The molecule has 1 rings (SSSR count). The Morgan fingerprint density at radius 2 is 2.38 bits per heavy atom. The van der Waals surface area contributed by atoms with Crippen LogP contribution in [0.3, 0.4) is 0 Å². The van der Waals surface area contributed by atoms with Gasteiger partial charge in [-0.1, -0.05) is 0 Å². The number of aromatic nitrogens is 1. The summed E-state index contributed by atoms with van der Waals surface area (Å²) in [6.45, 7) is 4.69. The molecule has 0 saturated heterocycles. The predicted octanol–water partition coefficient (Wildman–Crippen LogP) is 3.19. The van der Waals surface area contributed by atoms with E-state index in [0.717, 1.165) is 16.8 Å². The number of hydrogen-bond acceptors (Lipinski definition) is 2.